The molecule has 0 saturated carbocycles. The summed E-state index contributed by atoms with van der Waals surface area (Å²) in [7, 11) is 1.82. The van der Waals surface area contributed by atoms with Crippen molar-refractivity contribution in [3.8, 4) is 0 Å². The zero-order chi connectivity index (χ0) is 16.2. The lowest BCUT2D eigenvalue weighted by Gasteiger charge is -2.34. The number of likely N-dealkylation sites (tertiary alicyclic amines) is 1. The van der Waals surface area contributed by atoms with Gasteiger partial charge in [0.15, 0.2) is 0 Å². The number of piperidine rings is 1. The van der Waals surface area contributed by atoms with Crippen molar-refractivity contribution in [1.82, 2.24) is 14.7 Å². The van der Waals surface area contributed by atoms with Crippen LogP contribution in [0, 0.1) is 5.82 Å². The second kappa shape index (κ2) is 6.91. The van der Waals surface area contributed by atoms with Crippen molar-refractivity contribution >= 4 is 11.6 Å². The maximum absolute atomic E-state index is 13.0. The summed E-state index contributed by atoms with van der Waals surface area (Å²) in [6.07, 6.45) is 6.40. The molecule has 1 amide bonds. The average molecular weight is 316 g/mol. The molecular formula is C17H21FN4O. The number of hydrogen-bond donors (Lipinski definition) is 1. The molecule has 6 heteroatoms. The van der Waals surface area contributed by atoms with Crippen molar-refractivity contribution in [3.63, 3.8) is 0 Å². The number of amides is 1. The Hall–Kier alpha value is -2.21. The Morgan fingerprint density at radius 1 is 1.35 bits per heavy atom. The van der Waals surface area contributed by atoms with E-state index in [-0.39, 0.29) is 17.8 Å². The van der Waals surface area contributed by atoms with E-state index < -0.39 is 0 Å². The van der Waals surface area contributed by atoms with Gasteiger partial charge in [0.2, 0.25) is 5.91 Å². The third-order valence-electron chi connectivity index (χ3n) is 4.19. The van der Waals surface area contributed by atoms with E-state index >= 15 is 0 Å². The van der Waals surface area contributed by atoms with Gasteiger partial charge in [0.05, 0.1) is 17.9 Å². The third kappa shape index (κ3) is 3.96. The van der Waals surface area contributed by atoms with Crippen molar-refractivity contribution in [2.45, 2.75) is 31.8 Å². The predicted octanol–water partition coefficient (Wildman–Crippen LogP) is 2.55. The molecule has 0 spiro atoms. The first-order valence-corrected chi connectivity index (χ1v) is 7.90. The lowest BCUT2D eigenvalue weighted by atomic mass is 10.0. The Morgan fingerprint density at radius 3 is 2.83 bits per heavy atom. The van der Waals surface area contributed by atoms with Crippen molar-refractivity contribution in [2.75, 3.05) is 11.9 Å². The summed E-state index contributed by atoms with van der Waals surface area (Å²) in [6, 6.07) is 6.32. The Bertz CT molecular complexity index is 667. The highest BCUT2D eigenvalue weighted by molar-refractivity contribution is 5.94. The number of carbonyl (C=O) groups excluding carboxylic acids is 1. The fourth-order valence-corrected chi connectivity index (χ4v) is 3.01. The number of rotatable bonds is 4. The van der Waals surface area contributed by atoms with E-state index in [1.165, 1.54) is 12.1 Å². The topological polar surface area (TPSA) is 50.2 Å². The molecule has 3 rings (SSSR count). The molecule has 1 aromatic heterocycles. The molecule has 23 heavy (non-hydrogen) atoms. The number of carbonyl (C=O) groups is 1. The summed E-state index contributed by atoms with van der Waals surface area (Å²) in [4.78, 5) is 14.8. The molecule has 1 saturated heterocycles. The molecule has 2 aromatic rings. The van der Waals surface area contributed by atoms with E-state index in [0.29, 0.717) is 12.2 Å². The Labute approximate surface area is 135 Å². The summed E-state index contributed by atoms with van der Waals surface area (Å²) in [5.41, 5.74) is 1.73. The summed E-state index contributed by atoms with van der Waals surface area (Å²) in [6.45, 7) is 1.54. The van der Waals surface area contributed by atoms with Gasteiger partial charge in [0.25, 0.3) is 0 Å². The van der Waals surface area contributed by atoms with E-state index in [4.69, 9.17) is 0 Å². The minimum absolute atomic E-state index is 0.000174. The van der Waals surface area contributed by atoms with Crippen LogP contribution in [0.4, 0.5) is 10.1 Å². The fraction of sp³-hybridized carbons (Fsp3) is 0.412. The van der Waals surface area contributed by atoms with Gasteiger partial charge in [0, 0.05) is 19.8 Å². The Morgan fingerprint density at radius 2 is 2.13 bits per heavy atom. The summed E-state index contributed by atoms with van der Waals surface area (Å²) >= 11 is 0. The fourth-order valence-electron chi connectivity index (χ4n) is 3.01. The minimum atomic E-state index is -0.238. The summed E-state index contributed by atoms with van der Waals surface area (Å²) < 4.78 is 14.7. The predicted molar refractivity (Wildman–Crippen MR) is 86.3 cm³/mol. The van der Waals surface area contributed by atoms with Crippen LogP contribution in [0.1, 0.15) is 24.8 Å². The lowest BCUT2D eigenvalue weighted by Crippen LogP contribution is -2.46. The van der Waals surface area contributed by atoms with Crippen LogP contribution in [0.15, 0.2) is 36.7 Å². The van der Waals surface area contributed by atoms with E-state index in [0.717, 1.165) is 31.4 Å². The third-order valence-corrected chi connectivity index (χ3v) is 4.19. The van der Waals surface area contributed by atoms with Gasteiger partial charge in [-0.05, 0) is 37.1 Å². The highest BCUT2D eigenvalue weighted by Gasteiger charge is 2.28. The van der Waals surface area contributed by atoms with E-state index in [1.54, 1.807) is 29.2 Å². The van der Waals surface area contributed by atoms with Gasteiger partial charge in [0.1, 0.15) is 5.82 Å². The molecule has 1 aliphatic rings. The number of benzene rings is 1. The van der Waals surface area contributed by atoms with Crippen LogP contribution in [-0.2, 0) is 18.4 Å². The van der Waals surface area contributed by atoms with Gasteiger partial charge in [-0.25, -0.2) is 4.39 Å². The first-order chi connectivity index (χ1) is 11.1. The van der Waals surface area contributed by atoms with Gasteiger partial charge in [-0.3, -0.25) is 14.4 Å². The van der Waals surface area contributed by atoms with E-state index in [2.05, 4.69) is 15.3 Å². The normalized spacial score (nSPS) is 18.8. The van der Waals surface area contributed by atoms with Crippen molar-refractivity contribution in [2.24, 2.45) is 7.05 Å². The zero-order valence-electron chi connectivity index (χ0n) is 13.2. The molecule has 1 atom stereocenters. The van der Waals surface area contributed by atoms with Gasteiger partial charge < -0.3 is 5.32 Å². The molecule has 1 unspecified atom stereocenters. The number of anilines is 1. The number of nitrogens with one attached hydrogen (secondary N) is 1. The molecule has 122 valence electrons. The molecule has 5 nitrogen and oxygen atoms in total. The zero-order valence-corrected chi connectivity index (χ0v) is 13.2. The van der Waals surface area contributed by atoms with Gasteiger partial charge >= 0.3 is 0 Å². The van der Waals surface area contributed by atoms with Crippen LogP contribution in [0.5, 0.6) is 0 Å². The molecule has 1 fully saturated rings. The van der Waals surface area contributed by atoms with Crippen molar-refractivity contribution in [1.29, 1.82) is 0 Å². The Balaban J connectivity index is 1.67. The van der Waals surface area contributed by atoms with Gasteiger partial charge in [-0.15, -0.1) is 0 Å². The maximum atomic E-state index is 13.0. The minimum Gasteiger partial charge on any atom is -0.322 e. The van der Waals surface area contributed by atoms with E-state index in [1.807, 2.05) is 7.05 Å². The average Bonchev–Trinajstić information content (AvgIpc) is 2.95. The Kier molecular flexibility index (Phi) is 4.71. The molecule has 1 aromatic carbocycles. The van der Waals surface area contributed by atoms with Crippen LogP contribution in [0.3, 0.4) is 0 Å². The first-order valence-electron chi connectivity index (χ1n) is 7.90. The lowest BCUT2D eigenvalue weighted by molar-refractivity contribution is -0.122. The highest BCUT2D eigenvalue weighted by atomic mass is 19.1. The summed E-state index contributed by atoms with van der Waals surface area (Å²) in [5.74, 6) is -0.238. The molecule has 0 radical (unpaired) electrons. The van der Waals surface area contributed by atoms with Crippen LogP contribution in [0.25, 0.3) is 0 Å². The smallest absolute Gasteiger partial charge is 0.241 e. The first kappa shape index (κ1) is 15.7. The largest absolute Gasteiger partial charge is 0.322 e. The van der Waals surface area contributed by atoms with Crippen molar-refractivity contribution < 1.29 is 9.18 Å². The molecule has 1 N–H and O–H groups in total. The van der Waals surface area contributed by atoms with Crippen LogP contribution in [-0.4, -0.2) is 33.2 Å². The van der Waals surface area contributed by atoms with Crippen LogP contribution in [0.2, 0.25) is 0 Å². The second-order valence-electron chi connectivity index (χ2n) is 6.00. The highest BCUT2D eigenvalue weighted by Crippen LogP contribution is 2.21. The molecule has 1 aliphatic heterocycles. The summed E-state index contributed by atoms with van der Waals surface area (Å²) in [5, 5.41) is 7.00. The van der Waals surface area contributed by atoms with Gasteiger partial charge in [-0.2, -0.15) is 5.10 Å². The maximum Gasteiger partial charge on any atom is 0.241 e. The standard InChI is InChI=1S/C17H21FN4O/c1-21-12-15(10-19-21)20-17(23)16-4-2-3-9-22(16)11-13-5-7-14(18)8-6-13/h5-8,10,12,16H,2-4,9,11H2,1H3,(H,20,23). The quantitative estimate of drug-likeness (QED) is 0.943. The van der Waals surface area contributed by atoms with Crippen molar-refractivity contribution in [3.05, 3.63) is 48.0 Å². The molecular weight excluding hydrogens is 295 g/mol. The number of hydrogen-bond acceptors (Lipinski definition) is 3. The number of halogens is 1. The molecule has 0 aliphatic carbocycles. The number of nitrogens with zero attached hydrogens (tertiary/aromatic N) is 3. The molecule has 2 heterocycles. The van der Waals surface area contributed by atoms with E-state index in [9.17, 15) is 9.18 Å². The van der Waals surface area contributed by atoms with Gasteiger partial charge in [-0.1, -0.05) is 18.6 Å². The monoisotopic (exact) mass is 316 g/mol. The molecule has 0 bridgehead atoms. The number of aryl methyl sites for hydroxylation is 1. The van der Waals surface area contributed by atoms with Crippen LogP contribution < -0.4 is 5.32 Å². The number of aromatic nitrogens is 2. The van der Waals surface area contributed by atoms with Crippen LogP contribution >= 0.6 is 0 Å². The SMILES string of the molecule is Cn1cc(NC(=O)C2CCCCN2Cc2ccc(F)cc2)cn1. The second-order valence-corrected chi connectivity index (χ2v) is 6.00.